The summed E-state index contributed by atoms with van der Waals surface area (Å²) in [6, 6.07) is 11.4. The van der Waals surface area contributed by atoms with Crippen molar-refractivity contribution < 1.29 is 14.3 Å². The van der Waals surface area contributed by atoms with Gasteiger partial charge in [-0.05, 0) is 35.9 Å². The maximum atomic E-state index is 12.5. The van der Waals surface area contributed by atoms with Crippen molar-refractivity contribution in [2.75, 3.05) is 17.7 Å². The second kappa shape index (κ2) is 7.77. The summed E-state index contributed by atoms with van der Waals surface area (Å²) >= 11 is 11.9. The molecule has 1 unspecified atom stereocenters. The van der Waals surface area contributed by atoms with Crippen LogP contribution in [0.5, 0.6) is 5.75 Å². The van der Waals surface area contributed by atoms with Crippen LogP contribution in [0.25, 0.3) is 11.1 Å². The molecule has 9 heteroatoms. The number of rotatable bonds is 5. The van der Waals surface area contributed by atoms with Gasteiger partial charge in [0, 0.05) is 21.3 Å². The minimum absolute atomic E-state index is 0.0812. The average Bonchev–Trinajstić information content (AvgIpc) is 3.20. The van der Waals surface area contributed by atoms with Crippen molar-refractivity contribution in [3.63, 3.8) is 0 Å². The summed E-state index contributed by atoms with van der Waals surface area (Å²) in [7, 11) is 1.59. The van der Waals surface area contributed by atoms with Gasteiger partial charge in [0.1, 0.15) is 17.6 Å². The number of aromatic nitrogens is 2. The van der Waals surface area contributed by atoms with Gasteiger partial charge in [-0.2, -0.15) is 5.10 Å². The van der Waals surface area contributed by atoms with Crippen molar-refractivity contribution in [3.05, 3.63) is 58.7 Å². The number of anilines is 2. The summed E-state index contributed by atoms with van der Waals surface area (Å²) in [4.78, 5) is 24.9. The molecule has 0 saturated carbocycles. The molecule has 0 spiro atoms. The molecule has 1 aromatic heterocycles. The van der Waals surface area contributed by atoms with Crippen molar-refractivity contribution in [3.8, 4) is 16.9 Å². The van der Waals surface area contributed by atoms with Crippen molar-refractivity contribution >= 4 is 46.5 Å². The normalized spacial score (nSPS) is 15.0. The number of fused-ring (bicyclic) bond motifs is 1. The Bertz CT molecular complexity index is 1090. The van der Waals surface area contributed by atoms with E-state index in [0.29, 0.717) is 27.3 Å². The van der Waals surface area contributed by atoms with Crippen molar-refractivity contribution in [2.24, 2.45) is 0 Å². The zero-order valence-electron chi connectivity index (χ0n) is 15.3. The smallest absolute Gasteiger partial charge is 0.251 e. The third-order valence-electron chi connectivity index (χ3n) is 4.54. The van der Waals surface area contributed by atoms with E-state index in [2.05, 4.69) is 15.7 Å². The Morgan fingerprint density at radius 1 is 1.24 bits per heavy atom. The molecule has 0 fully saturated rings. The summed E-state index contributed by atoms with van der Waals surface area (Å²) in [6.07, 6.45) is 1.58. The Morgan fingerprint density at radius 3 is 2.72 bits per heavy atom. The molecule has 0 aliphatic carbocycles. The largest absolute Gasteiger partial charge is 0.497 e. The van der Waals surface area contributed by atoms with Gasteiger partial charge >= 0.3 is 0 Å². The standard InChI is InChI=1S/C20H16Cl2N4O3/c1-29-15-4-2-3-11(5-15)16-10-23-26-17(20(28)25-19(16)26)9-18(27)24-14-7-12(21)6-13(22)8-14/h2-8,10,17H,9H2,1H3,(H,24,27)(H,25,28). The quantitative estimate of drug-likeness (QED) is 0.628. The molecule has 2 aromatic carbocycles. The van der Waals surface area contributed by atoms with Gasteiger partial charge in [0.05, 0.1) is 19.7 Å². The molecule has 1 atom stereocenters. The number of hydrogen-bond acceptors (Lipinski definition) is 4. The number of ether oxygens (including phenoxy) is 1. The first-order chi connectivity index (χ1) is 13.9. The summed E-state index contributed by atoms with van der Waals surface area (Å²) in [5, 5.41) is 10.7. The highest BCUT2D eigenvalue weighted by molar-refractivity contribution is 6.35. The van der Waals surface area contributed by atoms with E-state index in [4.69, 9.17) is 27.9 Å². The zero-order chi connectivity index (χ0) is 20.5. The second-order valence-electron chi connectivity index (χ2n) is 6.50. The SMILES string of the molecule is COc1cccc(-c2cnn3c2NC(=O)C3CC(=O)Nc2cc(Cl)cc(Cl)c2)c1. The first kappa shape index (κ1) is 19.3. The second-order valence-corrected chi connectivity index (χ2v) is 7.37. The van der Waals surface area contributed by atoms with E-state index in [-0.39, 0.29) is 18.2 Å². The van der Waals surface area contributed by atoms with Gasteiger partial charge in [-0.1, -0.05) is 35.3 Å². The zero-order valence-corrected chi connectivity index (χ0v) is 16.8. The highest BCUT2D eigenvalue weighted by atomic mass is 35.5. The van der Waals surface area contributed by atoms with Crippen molar-refractivity contribution in [2.45, 2.75) is 12.5 Å². The van der Waals surface area contributed by atoms with E-state index in [1.165, 1.54) is 4.68 Å². The third-order valence-corrected chi connectivity index (χ3v) is 4.98. The molecule has 1 aliphatic rings. The number of amides is 2. The van der Waals surface area contributed by atoms with E-state index in [9.17, 15) is 9.59 Å². The van der Waals surface area contributed by atoms with Gasteiger partial charge in [0.25, 0.3) is 5.91 Å². The molecule has 2 N–H and O–H groups in total. The number of nitrogens with one attached hydrogen (secondary N) is 2. The molecular formula is C20H16Cl2N4O3. The minimum atomic E-state index is -0.751. The first-order valence-electron chi connectivity index (χ1n) is 8.73. The van der Waals surface area contributed by atoms with Crippen LogP contribution in [0.15, 0.2) is 48.7 Å². The van der Waals surface area contributed by atoms with Gasteiger partial charge in [-0.3, -0.25) is 9.59 Å². The van der Waals surface area contributed by atoms with Crippen molar-refractivity contribution in [1.29, 1.82) is 0 Å². The highest BCUT2D eigenvalue weighted by Crippen LogP contribution is 2.36. The van der Waals surface area contributed by atoms with E-state index in [0.717, 1.165) is 11.1 Å². The monoisotopic (exact) mass is 430 g/mol. The van der Waals surface area contributed by atoms with Crippen LogP contribution < -0.4 is 15.4 Å². The van der Waals surface area contributed by atoms with Crippen LogP contribution >= 0.6 is 23.2 Å². The molecule has 148 valence electrons. The van der Waals surface area contributed by atoms with Crippen LogP contribution in [0.4, 0.5) is 11.5 Å². The van der Waals surface area contributed by atoms with Crippen molar-refractivity contribution in [1.82, 2.24) is 9.78 Å². The Morgan fingerprint density at radius 2 is 2.00 bits per heavy atom. The van der Waals surface area contributed by atoms with Crippen LogP contribution in [0.2, 0.25) is 10.0 Å². The van der Waals surface area contributed by atoms with E-state index in [1.807, 2.05) is 24.3 Å². The lowest BCUT2D eigenvalue weighted by molar-refractivity contribution is -0.123. The van der Waals surface area contributed by atoms with Gasteiger partial charge < -0.3 is 15.4 Å². The number of halogens is 2. The van der Waals surface area contributed by atoms with Crippen LogP contribution in [0.3, 0.4) is 0 Å². The number of hydrogen-bond donors (Lipinski definition) is 2. The molecule has 0 radical (unpaired) electrons. The van der Waals surface area contributed by atoms with Gasteiger partial charge in [-0.25, -0.2) is 4.68 Å². The molecule has 4 rings (SSSR count). The molecule has 29 heavy (non-hydrogen) atoms. The van der Waals surface area contributed by atoms with Crippen LogP contribution in [-0.2, 0) is 9.59 Å². The average molecular weight is 431 g/mol. The number of methoxy groups -OCH3 is 1. The Kier molecular flexibility index (Phi) is 5.17. The van der Waals surface area contributed by atoms with Gasteiger partial charge in [0.15, 0.2) is 0 Å². The maximum Gasteiger partial charge on any atom is 0.251 e. The summed E-state index contributed by atoms with van der Waals surface area (Å²) in [5.41, 5.74) is 2.06. The van der Waals surface area contributed by atoms with E-state index >= 15 is 0 Å². The van der Waals surface area contributed by atoms with Crippen LogP contribution in [0, 0.1) is 0 Å². The number of nitrogens with zero attached hydrogens (tertiary/aromatic N) is 2. The fourth-order valence-electron chi connectivity index (χ4n) is 3.23. The molecule has 7 nitrogen and oxygen atoms in total. The summed E-state index contributed by atoms with van der Waals surface area (Å²) in [6.45, 7) is 0. The molecule has 3 aromatic rings. The third kappa shape index (κ3) is 3.92. The fraction of sp³-hybridized carbons (Fsp3) is 0.150. The van der Waals surface area contributed by atoms with E-state index < -0.39 is 6.04 Å². The Labute approximate surface area is 176 Å². The molecule has 2 heterocycles. The number of carbonyl (C=O) groups is 2. The lowest BCUT2D eigenvalue weighted by atomic mass is 10.1. The molecule has 0 saturated heterocycles. The Balaban J connectivity index is 1.54. The number of carbonyl (C=O) groups excluding carboxylic acids is 2. The summed E-state index contributed by atoms with van der Waals surface area (Å²) in [5.74, 6) is 0.598. The topological polar surface area (TPSA) is 85.2 Å². The predicted molar refractivity (Wildman–Crippen MR) is 112 cm³/mol. The number of benzene rings is 2. The first-order valence-corrected chi connectivity index (χ1v) is 9.49. The van der Waals surface area contributed by atoms with Gasteiger partial charge in [-0.15, -0.1) is 0 Å². The highest BCUT2D eigenvalue weighted by Gasteiger charge is 2.35. The summed E-state index contributed by atoms with van der Waals surface area (Å²) < 4.78 is 6.78. The lowest BCUT2D eigenvalue weighted by Gasteiger charge is -2.10. The lowest BCUT2D eigenvalue weighted by Crippen LogP contribution is -2.23. The van der Waals surface area contributed by atoms with E-state index in [1.54, 1.807) is 31.5 Å². The fourth-order valence-corrected chi connectivity index (χ4v) is 3.75. The molecular weight excluding hydrogens is 415 g/mol. The molecule has 0 bridgehead atoms. The van der Waals surface area contributed by atoms with Crippen LogP contribution in [0.1, 0.15) is 12.5 Å². The Hall–Kier alpha value is -3.03. The maximum absolute atomic E-state index is 12.5. The van der Waals surface area contributed by atoms with Gasteiger partial charge in [0.2, 0.25) is 5.91 Å². The minimum Gasteiger partial charge on any atom is -0.497 e. The predicted octanol–water partition coefficient (Wildman–Crippen LogP) is 4.39. The molecule has 1 aliphatic heterocycles. The molecule has 2 amide bonds. The van der Waals surface area contributed by atoms with Crippen LogP contribution in [-0.4, -0.2) is 28.7 Å².